The van der Waals surface area contributed by atoms with Gasteiger partial charge < -0.3 is 30.2 Å². The van der Waals surface area contributed by atoms with Crippen molar-refractivity contribution >= 4 is 18.0 Å². The first kappa shape index (κ1) is 33.6. The standard InChI is InChI=1S/C30H43NO8/c1-21-11-7-5-9-13-26(39-30(31)36)25(33)17-16-24(32)12-8-6-10-14-29(35)38-27(20-21)23(3)19-22(2)15-18-28(34)37-4/h5,7,10-11,14-19,23-27,32-33H,6,8-9,12-13,20H2,1-4H3,(H2,31,36)/b7-5+,14-10+,17-16+,18-15+,21-11+,22-19+/t23-,24+,25+,26+,27-/m1/s1. The summed E-state index contributed by atoms with van der Waals surface area (Å²) in [4.78, 5) is 35.2. The van der Waals surface area contributed by atoms with E-state index in [-0.39, 0.29) is 5.92 Å². The van der Waals surface area contributed by atoms with Crippen LogP contribution in [0.2, 0.25) is 0 Å². The van der Waals surface area contributed by atoms with Crippen LogP contribution in [-0.2, 0) is 23.8 Å². The second-order valence-electron chi connectivity index (χ2n) is 9.58. The second kappa shape index (κ2) is 18.8. The molecule has 216 valence electrons. The maximum atomic E-state index is 12.6. The zero-order chi connectivity index (χ0) is 29.2. The Balaban J connectivity index is 3.12. The van der Waals surface area contributed by atoms with Gasteiger partial charge in [-0.15, -0.1) is 0 Å². The van der Waals surface area contributed by atoms with Gasteiger partial charge in [-0.25, -0.2) is 14.4 Å². The highest BCUT2D eigenvalue weighted by molar-refractivity contribution is 5.82. The van der Waals surface area contributed by atoms with E-state index < -0.39 is 42.4 Å². The van der Waals surface area contributed by atoms with Crippen LogP contribution in [-0.4, -0.2) is 59.8 Å². The van der Waals surface area contributed by atoms with Crippen LogP contribution >= 0.6 is 0 Å². The summed E-state index contributed by atoms with van der Waals surface area (Å²) in [5, 5.41) is 20.6. The third-order valence-electron chi connectivity index (χ3n) is 6.02. The molecule has 0 unspecified atom stereocenters. The number of hydrogen-bond donors (Lipinski definition) is 3. The normalized spacial score (nSPS) is 29.2. The molecular weight excluding hydrogens is 502 g/mol. The fraction of sp³-hybridized carbons (Fsp3) is 0.500. The van der Waals surface area contributed by atoms with E-state index in [4.69, 9.17) is 15.2 Å². The Hall–Kier alpha value is -3.43. The molecule has 0 saturated carbocycles. The summed E-state index contributed by atoms with van der Waals surface area (Å²) >= 11 is 0. The molecule has 0 spiro atoms. The number of hydrogen-bond acceptors (Lipinski definition) is 8. The van der Waals surface area contributed by atoms with Crippen molar-refractivity contribution in [1.82, 2.24) is 0 Å². The number of aliphatic hydroxyl groups excluding tert-OH is 2. The molecule has 39 heavy (non-hydrogen) atoms. The van der Waals surface area contributed by atoms with Crippen LogP contribution in [0.15, 0.2) is 71.9 Å². The molecule has 0 saturated heterocycles. The third kappa shape index (κ3) is 15.5. The molecule has 4 N–H and O–H groups in total. The Labute approximate surface area is 231 Å². The number of primary amides is 1. The van der Waals surface area contributed by atoms with Crippen molar-refractivity contribution in [1.29, 1.82) is 0 Å². The highest BCUT2D eigenvalue weighted by Crippen LogP contribution is 2.21. The molecule has 0 aliphatic carbocycles. The average molecular weight is 546 g/mol. The summed E-state index contributed by atoms with van der Waals surface area (Å²) in [6.07, 6.45) is 15.2. The number of nitrogens with two attached hydrogens (primary N) is 1. The first-order valence-electron chi connectivity index (χ1n) is 13.2. The molecule has 1 rings (SSSR count). The van der Waals surface area contributed by atoms with Gasteiger partial charge in [0.1, 0.15) is 18.3 Å². The van der Waals surface area contributed by atoms with Gasteiger partial charge >= 0.3 is 18.0 Å². The molecule has 0 radical (unpaired) electrons. The number of rotatable bonds is 5. The van der Waals surface area contributed by atoms with Crippen molar-refractivity contribution in [3.63, 3.8) is 0 Å². The Morgan fingerprint density at radius 2 is 1.90 bits per heavy atom. The van der Waals surface area contributed by atoms with Crippen LogP contribution in [0.3, 0.4) is 0 Å². The van der Waals surface area contributed by atoms with E-state index in [1.54, 1.807) is 12.2 Å². The molecule has 1 heterocycles. The molecule has 9 heteroatoms. The smallest absolute Gasteiger partial charge is 0.404 e. The van der Waals surface area contributed by atoms with E-state index in [1.165, 1.54) is 31.4 Å². The molecule has 5 atom stereocenters. The minimum absolute atomic E-state index is 0.148. The summed E-state index contributed by atoms with van der Waals surface area (Å²) in [5.41, 5.74) is 6.97. The predicted octanol–water partition coefficient (Wildman–Crippen LogP) is 4.36. The zero-order valence-corrected chi connectivity index (χ0v) is 23.3. The van der Waals surface area contributed by atoms with Crippen LogP contribution in [0, 0.1) is 5.92 Å². The first-order chi connectivity index (χ1) is 18.5. The van der Waals surface area contributed by atoms with Gasteiger partial charge in [-0.1, -0.05) is 66.7 Å². The lowest BCUT2D eigenvalue weighted by molar-refractivity contribution is -0.144. The fourth-order valence-electron chi connectivity index (χ4n) is 3.88. The van der Waals surface area contributed by atoms with E-state index in [0.29, 0.717) is 38.5 Å². The lowest BCUT2D eigenvalue weighted by atomic mass is 9.95. The summed E-state index contributed by atoms with van der Waals surface area (Å²) in [5.74, 6) is -1.06. The average Bonchev–Trinajstić information content (AvgIpc) is 2.88. The van der Waals surface area contributed by atoms with Crippen LogP contribution in [0.5, 0.6) is 0 Å². The van der Waals surface area contributed by atoms with Gasteiger partial charge in [-0.3, -0.25) is 0 Å². The van der Waals surface area contributed by atoms with E-state index >= 15 is 0 Å². The number of amides is 1. The lowest BCUT2D eigenvalue weighted by Crippen LogP contribution is -2.32. The van der Waals surface area contributed by atoms with Crippen molar-refractivity contribution in [2.45, 2.75) is 83.7 Å². The predicted molar refractivity (Wildman–Crippen MR) is 149 cm³/mol. The number of aliphatic hydroxyl groups is 2. The summed E-state index contributed by atoms with van der Waals surface area (Å²) in [7, 11) is 1.31. The molecule has 0 bridgehead atoms. The van der Waals surface area contributed by atoms with Crippen LogP contribution in [0.1, 0.15) is 59.3 Å². The maximum absolute atomic E-state index is 12.6. The highest BCUT2D eigenvalue weighted by Gasteiger charge is 2.21. The molecule has 9 nitrogen and oxygen atoms in total. The Kier molecular flexibility index (Phi) is 16.2. The van der Waals surface area contributed by atoms with Crippen LogP contribution < -0.4 is 5.73 Å². The van der Waals surface area contributed by atoms with Crippen LogP contribution in [0.25, 0.3) is 0 Å². The van der Waals surface area contributed by atoms with Crippen molar-refractivity contribution in [2.24, 2.45) is 11.7 Å². The van der Waals surface area contributed by atoms with Crippen LogP contribution in [0.4, 0.5) is 4.79 Å². The number of ether oxygens (including phenoxy) is 3. The van der Waals surface area contributed by atoms with E-state index in [0.717, 1.165) is 11.1 Å². The maximum Gasteiger partial charge on any atom is 0.404 e. The topological polar surface area (TPSA) is 145 Å². The SMILES string of the molecule is COC(=O)/C=C/C(C)=C/[C@@H](C)[C@H]1C/C(C)=C/C=C/CC[C@H](OC(N)=O)[C@@H](O)/C=C/[C@@H](O)CCC/C=C/C(=O)O1. The van der Waals surface area contributed by atoms with Crippen molar-refractivity contribution in [2.75, 3.05) is 7.11 Å². The van der Waals surface area contributed by atoms with E-state index in [1.807, 2.05) is 45.1 Å². The van der Waals surface area contributed by atoms with Gasteiger partial charge in [0.05, 0.1) is 13.2 Å². The van der Waals surface area contributed by atoms with Gasteiger partial charge in [-0.05, 0) is 46.0 Å². The largest absolute Gasteiger partial charge is 0.466 e. The number of methoxy groups -OCH3 is 1. The minimum Gasteiger partial charge on any atom is -0.466 e. The summed E-state index contributed by atoms with van der Waals surface area (Å²) in [6, 6.07) is 0. The van der Waals surface area contributed by atoms with E-state index in [9.17, 15) is 24.6 Å². The molecule has 1 aliphatic heterocycles. The molecule has 0 aromatic carbocycles. The van der Waals surface area contributed by atoms with Crippen molar-refractivity contribution < 1.29 is 38.8 Å². The van der Waals surface area contributed by atoms with Gasteiger partial charge in [0, 0.05) is 24.5 Å². The van der Waals surface area contributed by atoms with Gasteiger partial charge in [0.25, 0.3) is 0 Å². The zero-order valence-electron chi connectivity index (χ0n) is 23.3. The number of carbonyl (C=O) groups is 3. The van der Waals surface area contributed by atoms with Crippen molar-refractivity contribution in [3.05, 3.63) is 71.9 Å². The number of esters is 2. The first-order valence-corrected chi connectivity index (χ1v) is 13.2. The Morgan fingerprint density at radius 1 is 1.15 bits per heavy atom. The quantitative estimate of drug-likeness (QED) is 0.152. The Bertz CT molecular complexity index is 975. The molecular formula is C30H43NO8. The second-order valence-corrected chi connectivity index (χ2v) is 9.58. The fourth-order valence-corrected chi connectivity index (χ4v) is 3.88. The number of carbonyl (C=O) groups excluding carboxylic acids is 3. The van der Waals surface area contributed by atoms with E-state index in [2.05, 4.69) is 4.74 Å². The molecule has 0 aromatic rings. The lowest BCUT2D eigenvalue weighted by Gasteiger charge is -2.22. The van der Waals surface area contributed by atoms with Gasteiger partial charge in [0.2, 0.25) is 0 Å². The summed E-state index contributed by atoms with van der Waals surface area (Å²) in [6.45, 7) is 5.73. The molecule has 1 aliphatic rings. The molecule has 1 amide bonds. The highest BCUT2D eigenvalue weighted by atomic mass is 16.6. The minimum atomic E-state index is -1.11. The summed E-state index contributed by atoms with van der Waals surface area (Å²) < 4.78 is 15.5. The molecule has 0 aromatic heterocycles. The van der Waals surface area contributed by atoms with Crippen molar-refractivity contribution in [3.8, 4) is 0 Å². The monoisotopic (exact) mass is 545 g/mol. The Morgan fingerprint density at radius 3 is 2.59 bits per heavy atom. The third-order valence-corrected chi connectivity index (χ3v) is 6.02. The molecule has 0 fully saturated rings. The van der Waals surface area contributed by atoms with Gasteiger partial charge in [0.15, 0.2) is 0 Å². The number of cyclic esters (lactones) is 1. The number of allylic oxidation sites excluding steroid dienone is 6. The van der Waals surface area contributed by atoms with Gasteiger partial charge in [-0.2, -0.15) is 0 Å².